The lowest BCUT2D eigenvalue weighted by molar-refractivity contribution is 0.0733. The van der Waals surface area contributed by atoms with Gasteiger partial charge in [0, 0.05) is 13.1 Å². The molecule has 0 radical (unpaired) electrons. The van der Waals surface area contributed by atoms with Gasteiger partial charge in [0.2, 0.25) is 0 Å². The maximum atomic E-state index is 12.4. The van der Waals surface area contributed by atoms with Crippen LogP contribution in [0.1, 0.15) is 36.2 Å². The molecule has 2 aliphatic carbocycles. The molecule has 2 N–H and O–H groups in total. The highest BCUT2D eigenvalue weighted by Crippen LogP contribution is 2.34. The molecule has 0 saturated heterocycles. The van der Waals surface area contributed by atoms with Crippen LogP contribution in [-0.4, -0.2) is 33.9 Å². The van der Waals surface area contributed by atoms with Gasteiger partial charge < -0.3 is 10.6 Å². The zero-order valence-electron chi connectivity index (χ0n) is 10.4. The van der Waals surface area contributed by atoms with Gasteiger partial charge in [0.05, 0.1) is 12.4 Å². The second kappa shape index (κ2) is 4.55. The van der Waals surface area contributed by atoms with Crippen molar-refractivity contribution in [3.8, 4) is 0 Å². The lowest BCUT2D eigenvalue weighted by Crippen LogP contribution is -2.35. The van der Waals surface area contributed by atoms with Crippen molar-refractivity contribution in [3.05, 3.63) is 18.1 Å². The second-order valence-corrected chi connectivity index (χ2v) is 5.43. The fraction of sp³-hybridized carbons (Fsp3) is 0.615. The van der Waals surface area contributed by atoms with E-state index >= 15 is 0 Å². The summed E-state index contributed by atoms with van der Waals surface area (Å²) >= 11 is 0. The summed E-state index contributed by atoms with van der Waals surface area (Å²) in [6.07, 6.45) is 7.95. The van der Waals surface area contributed by atoms with Crippen molar-refractivity contribution in [2.45, 2.75) is 25.7 Å². The largest absolute Gasteiger partial charge is 0.382 e. The summed E-state index contributed by atoms with van der Waals surface area (Å²) < 4.78 is 0. The maximum Gasteiger partial charge on any atom is 0.274 e. The fourth-order valence-corrected chi connectivity index (χ4v) is 2.11. The third-order valence-electron chi connectivity index (χ3n) is 3.51. The monoisotopic (exact) mass is 246 g/mol. The summed E-state index contributed by atoms with van der Waals surface area (Å²) in [4.78, 5) is 22.4. The number of carbonyl (C=O) groups excluding carboxylic acids is 1. The van der Waals surface area contributed by atoms with E-state index in [1.54, 1.807) is 0 Å². The molecule has 1 aromatic rings. The van der Waals surface area contributed by atoms with Crippen molar-refractivity contribution in [1.29, 1.82) is 0 Å². The number of rotatable bonds is 5. The minimum absolute atomic E-state index is 0.0198. The molecule has 2 aliphatic rings. The van der Waals surface area contributed by atoms with Crippen LogP contribution in [0.5, 0.6) is 0 Å². The van der Waals surface area contributed by atoms with E-state index in [4.69, 9.17) is 5.73 Å². The van der Waals surface area contributed by atoms with Gasteiger partial charge in [-0.05, 0) is 37.5 Å². The van der Waals surface area contributed by atoms with Gasteiger partial charge >= 0.3 is 0 Å². The van der Waals surface area contributed by atoms with Gasteiger partial charge in [-0.3, -0.25) is 9.78 Å². The molecule has 5 nitrogen and oxygen atoms in total. The summed E-state index contributed by atoms with van der Waals surface area (Å²) in [5.41, 5.74) is 5.95. The Labute approximate surface area is 106 Å². The van der Waals surface area contributed by atoms with Crippen LogP contribution in [0.3, 0.4) is 0 Å². The number of carbonyl (C=O) groups is 1. The van der Waals surface area contributed by atoms with Crippen LogP contribution in [-0.2, 0) is 0 Å². The van der Waals surface area contributed by atoms with Gasteiger partial charge in [0.15, 0.2) is 0 Å². The molecule has 0 spiro atoms. The maximum absolute atomic E-state index is 12.4. The smallest absolute Gasteiger partial charge is 0.274 e. The SMILES string of the molecule is Nc1cncc(C(=O)N(CC2CC2)CC2CC2)n1. The topological polar surface area (TPSA) is 72.1 Å². The van der Waals surface area contributed by atoms with E-state index in [1.165, 1.54) is 38.1 Å². The number of nitrogens with zero attached hydrogens (tertiary/aromatic N) is 3. The van der Waals surface area contributed by atoms with E-state index in [0.29, 0.717) is 23.3 Å². The minimum Gasteiger partial charge on any atom is -0.382 e. The molecule has 0 unspecified atom stereocenters. The molecule has 1 aromatic heterocycles. The Kier molecular flexibility index (Phi) is 2.89. The minimum atomic E-state index is -0.0198. The van der Waals surface area contributed by atoms with E-state index in [2.05, 4.69) is 9.97 Å². The number of hydrogen-bond acceptors (Lipinski definition) is 4. The number of nitrogens with two attached hydrogens (primary N) is 1. The van der Waals surface area contributed by atoms with Gasteiger partial charge in [0.25, 0.3) is 5.91 Å². The van der Waals surface area contributed by atoms with Crippen molar-refractivity contribution in [2.75, 3.05) is 18.8 Å². The van der Waals surface area contributed by atoms with E-state index < -0.39 is 0 Å². The van der Waals surface area contributed by atoms with E-state index in [-0.39, 0.29) is 5.91 Å². The summed E-state index contributed by atoms with van der Waals surface area (Å²) in [5.74, 6) is 1.68. The van der Waals surface area contributed by atoms with Crippen LogP contribution in [0, 0.1) is 11.8 Å². The first-order chi connectivity index (χ1) is 8.72. The molecule has 5 heteroatoms. The highest BCUT2D eigenvalue weighted by molar-refractivity contribution is 5.92. The van der Waals surface area contributed by atoms with Crippen LogP contribution in [0.15, 0.2) is 12.4 Å². The lowest BCUT2D eigenvalue weighted by Gasteiger charge is -2.22. The Hall–Kier alpha value is -1.65. The Morgan fingerprint density at radius 1 is 1.22 bits per heavy atom. The molecule has 1 amide bonds. The molecule has 96 valence electrons. The first-order valence-corrected chi connectivity index (χ1v) is 6.59. The first-order valence-electron chi connectivity index (χ1n) is 6.59. The second-order valence-electron chi connectivity index (χ2n) is 5.43. The van der Waals surface area contributed by atoms with Crippen LogP contribution in [0.2, 0.25) is 0 Å². The molecule has 0 atom stereocenters. The van der Waals surface area contributed by atoms with Gasteiger partial charge in [-0.1, -0.05) is 0 Å². The van der Waals surface area contributed by atoms with Crippen molar-refractivity contribution >= 4 is 11.7 Å². The van der Waals surface area contributed by atoms with Crippen molar-refractivity contribution in [2.24, 2.45) is 11.8 Å². The number of amides is 1. The number of hydrogen-bond donors (Lipinski definition) is 1. The molecule has 1 heterocycles. The molecule has 0 aliphatic heterocycles. The molecule has 3 rings (SSSR count). The standard InChI is InChI=1S/C13H18N4O/c14-12-6-15-5-11(16-12)13(18)17(7-9-1-2-9)8-10-3-4-10/h5-6,9-10H,1-4,7-8H2,(H2,14,16). The molecule has 2 fully saturated rings. The molecule has 18 heavy (non-hydrogen) atoms. The third kappa shape index (κ3) is 2.78. The van der Waals surface area contributed by atoms with Crippen molar-refractivity contribution in [1.82, 2.24) is 14.9 Å². The van der Waals surface area contributed by atoms with Gasteiger partial charge in [-0.25, -0.2) is 4.98 Å². The molecule has 0 bridgehead atoms. The normalized spacial score (nSPS) is 18.7. The summed E-state index contributed by atoms with van der Waals surface area (Å²) in [6.45, 7) is 1.73. The zero-order chi connectivity index (χ0) is 12.5. The molecule has 2 saturated carbocycles. The van der Waals surface area contributed by atoms with E-state index in [1.807, 2.05) is 4.90 Å². The first kappa shape index (κ1) is 11.4. The predicted molar refractivity (Wildman–Crippen MR) is 67.8 cm³/mol. The van der Waals surface area contributed by atoms with Gasteiger partial charge in [-0.15, -0.1) is 0 Å². The van der Waals surface area contributed by atoms with Crippen molar-refractivity contribution < 1.29 is 4.79 Å². The summed E-state index contributed by atoms with van der Waals surface area (Å²) in [7, 11) is 0. The highest BCUT2D eigenvalue weighted by Gasteiger charge is 2.32. The Bertz CT molecular complexity index is 440. The lowest BCUT2D eigenvalue weighted by atomic mass is 10.2. The number of aromatic nitrogens is 2. The van der Waals surface area contributed by atoms with Crippen LogP contribution < -0.4 is 5.73 Å². The fourth-order valence-electron chi connectivity index (χ4n) is 2.11. The molecule has 0 aromatic carbocycles. The molecular formula is C13H18N4O. The van der Waals surface area contributed by atoms with Gasteiger partial charge in [-0.2, -0.15) is 0 Å². The third-order valence-corrected chi connectivity index (χ3v) is 3.51. The van der Waals surface area contributed by atoms with E-state index in [9.17, 15) is 4.79 Å². The van der Waals surface area contributed by atoms with Crippen LogP contribution in [0.25, 0.3) is 0 Å². The summed E-state index contributed by atoms with van der Waals surface area (Å²) in [5, 5.41) is 0. The zero-order valence-corrected chi connectivity index (χ0v) is 10.4. The average molecular weight is 246 g/mol. The van der Waals surface area contributed by atoms with Gasteiger partial charge in [0.1, 0.15) is 11.5 Å². The predicted octanol–water partition coefficient (Wildman–Crippen LogP) is 1.32. The van der Waals surface area contributed by atoms with Crippen LogP contribution >= 0.6 is 0 Å². The Morgan fingerprint density at radius 2 is 1.83 bits per heavy atom. The average Bonchev–Trinajstić information content (AvgIpc) is 3.22. The van der Waals surface area contributed by atoms with Crippen molar-refractivity contribution in [3.63, 3.8) is 0 Å². The van der Waals surface area contributed by atoms with Crippen LogP contribution in [0.4, 0.5) is 5.82 Å². The summed E-state index contributed by atoms with van der Waals surface area (Å²) in [6, 6.07) is 0. The van der Waals surface area contributed by atoms with E-state index in [0.717, 1.165) is 13.1 Å². The number of anilines is 1. The molecular weight excluding hydrogens is 228 g/mol. The number of nitrogen functional groups attached to an aromatic ring is 1. The Morgan fingerprint density at radius 3 is 2.33 bits per heavy atom. The quantitative estimate of drug-likeness (QED) is 0.850. The Balaban J connectivity index is 1.72. The highest BCUT2D eigenvalue weighted by atomic mass is 16.2.